The largest absolute Gasteiger partial charge is 0.303 e. The number of halogens is 1. The number of rotatable bonds is 5. The SMILES string of the molecule is Fc1cccc(-c2cnc3ccc(CCCN4CCCC4)cc3c2)c1. The van der Waals surface area contributed by atoms with Gasteiger partial charge in [-0.15, -0.1) is 0 Å². The maximum atomic E-state index is 13.5. The molecule has 0 N–H and O–H groups in total. The molecule has 0 atom stereocenters. The molecule has 0 saturated carbocycles. The highest BCUT2D eigenvalue weighted by molar-refractivity contribution is 5.84. The lowest BCUT2D eigenvalue weighted by atomic mass is 10.0. The second-order valence-corrected chi connectivity index (χ2v) is 6.91. The van der Waals surface area contributed by atoms with Crippen LogP contribution in [0.3, 0.4) is 0 Å². The van der Waals surface area contributed by atoms with Gasteiger partial charge in [0.15, 0.2) is 0 Å². The molecule has 128 valence electrons. The highest BCUT2D eigenvalue weighted by Gasteiger charge is 2.10. The first-order valence-corrected chi connectivity index (χ1v) is 9.15. The minimum Gasteiger partial charge on any atom is -0.303 e. The Labute approximate surface area is 148 Å². The van der Waals surface area contributed by atoms with Crippen LogP contribution in [0.1, 0.15) is 24.8 Å². The molecule has 1 fully saturated rings. The Hall–Kier alpha value is -2.26. The first kappa shape index (κ1) is 16.2. The smallest absolute Gasteiger partial charge is 0.123 e. The quantitative estimate of drug-likeness (QED) is 0.647. The van der Waals surface area contributed by atoms with E-state index in [0.717, 1.165) is 28.5 Å². The van der Waals surface area contributed by atoms with E-state index in [4.69, 9.17) is 0 Å². The molecule has 1 aromatic heterocycles. The molecule has 25 heavy (non-hydrogen) atoms. The van der Waals surface area contributed by atoms with Crippen LogP contribution in [-0.2, 0) is 6.42 Å². The van der Waals surface area contributed by atoms with E-state index in [0.29, 0.717) is 0 Å². The van der Waals surface area contributed by atoms with Crippen molar-refractivity contribution >= 4 is 10.9 Å². The van der Waals surface area contributed by atoms with Crippen LogP contribution in [0.2, 0.25) is 0 Å². The van der Waals surface area contributed by atoms with Gasteiger partial charge < -0.3 is 4.90 Å². The highest BCUT2D eigenvalue weighted by atomic mass is 19.1. The van der Waals surface area contributed by atoms with Gasteiger partial charge in [-0.25, -0.2) is 4.39 Å². The molecule has 0 amide bonds. The van der Waals surface area contributed by atoms with Gasteiger partial charge in [0, 0.05) is 17.1 Å². The number of hydrogen-bond donors (Lipinski definition) is 0. The van der Waals surface area contributed by atoms with Gasteiger partial charge in [-0.2, -0.15) is 0 Å². The molecule has 3 heteroatoms. The summed E-state index contributed by atoms with van der Waals surface area (Å²) in [7, 11) is 0. The second-order valence-electron chi connectivity index (χ2n) is 6.91. The topological polar surface area (TPSA) is 16.1 Å². The third kappa shape index (κ3) is 3.88. The fraction of sp³-hybridized carbons (Fsp3) is 0.318. The van der Waals surface area contributed by atoms with E-state index in [1.54, 1.807) is 12.1 Å². The molecule has 1 saturated heterocycles. The predicted octanol–water partition coefficient (Wildman–Crippen LogP) is 5.07. The molecule has 2 aromatic carbocycles. The molecular weight excluding hydrogens is 311 g/mol. The summed E-state index contributed by atoms with van der Waals surface area (Å²) in [5.41, 5.74) is 4.17. The average molecular weight is 334 g/mol. The standard InChI is InChI=1S/C22H23FN2/c23-21-7-3-6-18(15-21)20-14-19-13-17(8-9-22(19)24-16-20)5-4-12-25-10-1-2-11-25/h3,6-9,13-16H,1-2,4-5,10-12H2. The predicted molar refractivity (Wildman–Crippen MR) is 101 cm³/mol. The van der Waals surface area contributed by atoms with Crippen molar-refractivity contribution in [3.63, 3.8) is 0 Å². The van der Waals surface area contributed by atoms with Crippen LogP contribution in [0, 0.1) is 5.82 Å². The van der Waals surface area contributed by atoms with Crippen LogP contribution in [0.5, 0.6) is 0 Å². The summed E-state index contributed by atoms with van der Waals surface area (Å²) >= 11 is 0. The van der Waals surface area contributed by atoms with Crippen molar-refractivity contribution in [3.05, 3.63) is 66.1 Å². The fourth-order valence-electron chi connectivity index (χ4n) is 3.68. The number of likely N-dealkylation sites (tertiary alicyclic amines) is 1. The van der Waals surface area contributed by atoms with E-state index in [1.165, 1.54) is 50.5 Å². The maximum absolute atomic E-state index is 13.5. The average Bonchev–Trinajstić information content (AvgIpc) is 3.14. The fourth-order valence-corrected chi connectivity index (χ4v) is 3.68. The zero-order valence-corrected chi connectivity index (χ0v) is 14.4. The molecule has 0 aliphatic carbocycles. The molecular formula is C22H23FN2. The number of nitrogens with zero attached hydrogens (tertiary/aromatic N) is 2. The van der Waals surface area contributed by atoms with Gasteiger partial charge in [0.05, 0.1) is 5.52 Å². The Morgan fingerprint density at radius 1 is 0.960 bits per heavy atom. The van der Waals surface area contributed by atoms with Gasteiger partial charge in [-0.1, -0.05) is 18.2 Å². The lowest BCUT2D eigenvalue weighted by Gasteiger charge is -2.14. The zero-order chi connectivity index (χ0) is 17.1. The maximum Gasteiger partial charge on any atom is 0.123 e. The van der Waals surface area contributed by atoms with Crippen molar-refractivity contribution in [2.45, 2.75) is 25.7 Å². The van der Waals surface area contributed by atoms with E-state index in [-0.39, 0.29) is 5.82 Å². The van der Waals surface area contributed by atoms with E-state index in [2.05, 4.69) is 34.1 Å². The Balaban J connectivity index is 1.52. The summed E-state index contributed by atoms with van der Waals surface area (Å²) in [6, 6.07) is 15.3. The molecule has 2 nitrogen and oxygen atoms in total. The molecule has 4 rings (SSSR count). The van der Waals surface area contributed by atoms with Crippen LogP contribution in [0.4, 0.5) is 4.39 Å². The van der Waals surface area contributed by atoms with Crippen molar-refractivity contribution in [3.8, 4) is 11.1 Å². The number of aromatic nitrogens is 1. The lowest BCUT2D eigenvalue weighted by molar-refractivity contribution is 0.334. The van der Waals surface area contributed by atoms with Crippen molar-refractivity contribution in [2.24, 2.45) is 0 Å². The molecule has 0 unspecified atom stereocenters. The molecule has 1 aliphatic heterocycles. The number of fused-ring (bicyclic) bond motifs is 1. The van der Waals surface area contributed by atoms with E-state index < -0.39 is 0 Å². The Morgan fingerprint density at radius 2 is 1.84 bits per heavy atom. The monoisotopic (exact) mass is 334 g/mol. The summed E-state index contributed by atoms with van der Waals surface area (Å²) in [5, 5.41) is 1.13. The molecule has 1 aliphatic rings. The van der Waals surface area contributed by atoms with Gasteiger partial charge in [0.1, 0.15) is 5.82 Å². The van der Waals surface area contributed by atoms with Gasteiger partial charge in [0.25, 0.3) is 0 Å². The summed E-state index contributed by atoms with van der Waals surface area (Å²) in [6.45, 7) is 3.72. The Morgan fingerprint density at radius 3 is 2.68 bits per heavy atom. The molecule has 2 heterocycles. The first-order valence-electron chi connectivity index (χ1n) is 9.15. The summed E-state index contributed by atoms with van der Waals surface area (Å²) in [6.07, 6.45) is 6.82. The second kappa shape index (κ2) is 7.32. The van der Waals surface area contributed by atoms with E-state index in [1.807, 2.05) is 12.3 Å². The number of hydrogen-bond acceptors (Lipinski definition) is 2. The Kier molecular flexibility index (Phi) is 4.75. The summed E-state index contributed by atoms with van der Waals surface area (Å²) in [4.78, 5) is 7.10. The van der Waals surface area contributed by atoms with Gasteiger partial charge in [-0.05, 0) is 86.8 Å². The van der Waals surface area contributed by atoms with Crippen LogP contribution >= 0.6 is 0 Å². The number of pyridine rings is 1. The summed E-state index contributed by atoms with van der Waals surface area (Å²) < 4.78 is 13.5. The molecule has 0 spiro atoms. The van der Waals surface area contributed by atoms with Crippen molar-refractivity contribution in [2.75, 3.05) is 19.6 Å². The van der Waals surface area contributed by atoms with Crippen molar-refractivity contribution < 1.29 is 4.39 Å². The van der Waals surface area contributed by atoms with Crippen LogP contribution in [0.25, 0.3) is 22.0 Å². The number of aryl methyl sites for hydroxylation is 1. The van der Waals surface area contributed by atoms with Crippen molar-refractivity contribution in [1.29, 1.82) is 0 Å². The minimum atomic E-state index is -0.215. The highest BCUT2D eigenvalue weighted by Crippen LogP contribution is 2.24. The van der Waals surface area contributed by atoms with E-state index >= 15 is 0 Å². The molecule has 3 aromatic rings. The first-order chi connectivity index (χ1) is 12.3. The van der Waals surface area contributed by atoms with E-state index in [9.17, 15) is 4.39 Å². The third-order valence-electron chi connectivity index (χ3n) is 5.04. The van der Waals surface area contributed by atoms with Gasteiger partial charge in [-0.3, -0.25) is 4.98 Å². The normalized spacial score (nSPS) is 15.1. The van der Waals surface area contributed by atoms with Crippen LogP contribution in [0.15, 0.2) is 54.7 Å². The lowest BCUT2D eigenvalue weighted by Crippen LogP contribution is -2.20. The third-order valence-corrected chi connectivity index (χ3v) is 5.04. The molecule has 0 bridgehead atoms. The van der Waals surface area contributed by atoms with Crippen molar-refractivity contribution in [1.82, 2.24) is 9.88 Å². The van der Waals surface area contributed by atoms with Crippen LogP contribution in [-0.4, -0.2) is 29.5 Å². The van der Waals surface area contributed by atoms with Gasteiger partial charge >= 0.3 is 0 Å². The minimum absolute atomic E-state index is 0.215. The molecule has 0 radical (unpaired) electrons. The Bertz CT molecular complexity index is 869. The van der Waals surface area contributed by atoms with Crippen LogP contribution < -0.4 is 0 Å². The van der Waals surface area contributed by atoms with Gasteiger partial charge in [0.2, 0.25) is 0 Å². The number of benzene rings is 2. The summed E-state index contributed by atoms with van der Waals surface area (Å²) in [5.74, 6) is -0.215. The zero-order valence-electron chi connectivity index (χ0n) is 14.4.